The zero-order chi connectivity index (χ0) is 15.1. The van der Waals surface area contributed by atoms with Crippen LogP contribution >= 0.6 is 0 Å². The maximum absolute atomic E-state index is 11.8. The molecule has 1 aromatic rings. The molecular weight excluding hydrogens is 262 g/mol. The highest BCUT2D eigenvalue weighted by atomic mass is 16.2. The van der Waals surface area contributed by atoms with Crippen LogP contribution in [0.3, 0.4) is 0 Å². The molecule has 0 unspecified atom stereocenters. The topological polar surface area (TPSA) is 130 Å². The fourth-order valence-corrected chi connectivity index (χ4v) is 1.47. The van der Waals surface area contributed by atoms with Crippen molar-refractivity contribution in [2.75, 3.05) is 0 Å². The Hall–Kier alpha value is -2.22. The normalized spacial score (nSPS) is 14.9. The lowest BCUT2D eigenvalue weighted by Crippen LogP contribution is -2.52. The summed E-state index contributed by atoms with van der Waals surface area (Å²) in [4.78, 5) is 40.5. The molecule has 0 spiro atoms. The number of carbonyl (C=O) groups excluding carboxylic acids is 3. The Morgan fingerprint density at radius 2 is 2.10 bits per heavy atom. The van der Waals surface area contributed by atoms with E-state index in [1.807, 2.05) is 0 Å². The number of imidazole rings is 1. The number of nitrogens with zero attached hydrogens (tertiary/aromatic N) is 1. The molecule has 0 aliphatic carbocycles. The molecule has 2 amide bonds. The van der Waals surface area contributed by atoms with Gasteiger partial charge in [-0.15, -0.1) is 0 Å². The van der Waals surface area contributed by atoms with E-state index in [0.717, 1.165) is 0 Å². The fourth-order valence-electron chi connectivity index (χ4n) is 1.47. The maximum Gasteiger partial charge on any atom is 0.242 e. The molecular formula is C12H18N5O3. The van der Waals surface area contributed by atoms with Crippen molar-refractivity contribution in [2.24, 2.45) is 5.73 Å². The van der Waals surface area contributed by atoms with Gasteiger partial charge in [-0.2, -0.15) is 0 Å². The van der Waals surface area contributed by atoms with Crippen LogP contribution in [0.25, 0.3) is 0 Å². The highest BCUT2D eigenvalue weighted by Gasteiger charge is 2.21. The van der Waals surface area contributed by atoms with Crippen LogP contribution in [0.4, 0.5) is 0 Å². The van der Waals surface area contributed by atoms with Gasteiger partial charge in [0.1, 0.15) is 6.04 Å². The Labute approximate surface area is 116 Å². The van der Waals surface area contributed by atoms with Gasteiger partial charge in [0.25, 0.3) is 0 Å². The summed E-state index contributed by atoms with van der Waals surface area (Å²) in [6.07, 6.45) is 5.03. The van der Waals surface area contributed by atoms with E-state index in [0.29, 0.717) is 5.69 Å². The lowest BCUT2D eigenvalue weighted by Gasteiger charge is -2.17. The third kappa shape index (κ3) is 4.81. The zero-order valence-corrected chi connectivity index (χ0v) is 11.3. The van der Waals surface area contributed by atoms with Crippen LogP contribution in [0.2, 0.25) is 0 Å². The first-order valence-electron chi connectivity index (χ1n) is 6.15. The Balaban J connectivity index is 2.44. The Morgan fingerprint density at radius 3 is 2.65 bits per heavy atom. The number of hydrogen-bond donors (Lipinski definition) is 4. The Kier molecular flexibility index (Phi) is 5.85. The average Bonchev–Trinajstić information content (AvgIpc) is 2.90. The number of aromatic nitrogens is 2. The summed E-state index contributed by atoms with van der Waals surface area (Å²) in [6, 6.07) is -2.31. The molecule has 1 aromatic heterocycles. The van der Waals surface area contributed by atoms with Crippen LogP contribution in [-0.4, -0.2) is 46.2 Å². The standard InChI is InChI=1S/C12H18N5O3/c1-7(5-18)16-11(19)8(2)17-12(20)10(13)3-9-4-14-6-15-9/h4,6-8,10H,3,13H2,1-2H3,(H,14,15)(H,16,19)(H,17,20)/t7-,8-,10-/m0/s1. The van der Waals surface area contributed by atoms with Crippen molar-refractivity contribution in [2.45, 2.75) is 38.4 Å². The number of hydrogen-bond acceptors (Lipinski definition) is 5. The van der Waals surface area contributed by atoms with Crippen LogP contribution in [-0.2, 0) is 20.8 Å². The van der Waals surface area contributed by atoms with Crippen LogP contribution in [0.5, 0.6) is 0 Å². The molecule has 3 atom stereocenters. The van der Waals surface area contributed by atoms with E-state index in [1.54, 1.807) is 12.5 Å². The fraction of sp³-hybridized carbons (Fsp3) is 0.500. The van der Waals surface area contributed by atoms with Gasteiger partial charge in [-0.3, -0.25) is 14.4 Å². The predicted octanol–water partition coefficient (Wildman–Crippen LogP) is -1.60. The monoisotopic (exact) mass is 280 g/mol. The van der Waals surface area contributed by atoms with E-state index in [4.69, 9.17) is 5.73 Å². The molecule has 1 radical (unpaired) electrons. The molecule has 0 aliphatic heterocycles. The van der Waals surface area contributed by atoms with Gasteiger partial charge in [-0.25, -0.2) is 4.98 Å². The van der Waals surface area contributed by atoms with Gasteiger partial charge < -0.3 is 21.4 Å². The molecule has 20 heavy (non-hydrogen) atoms. The maximum atomic E-state index is 11.8. The van der Waals surface area contributed by atoms with Crippen LogP contribution in [0, 0.1) is 0 Å². The Bertz CT molecular complexity index is 460. The van der Waals surface area contributed by atoms with Crippen molar-refractivity contribution >= 4 is 18.1 Å². The first kappa shape index (κ1) is 15.8. The first-order chi connectivity index (χ1) is 9.43. The molecule has 0 aromatic carbocycles. The zero-order valence-electron chi connectivity index (χ0n) is 11.3. The first-order valence-corrected chi connectivity index (χ1v) is 6.15. The molecule has 0 aliphatic rings. The number of H-pyrrole nitrogens is 1. The van der Waals surface area contributed by atoms with Crippen molar-refractivity contribution in [3.63, 3.8) is 0 Å². The second-order valence-electron chi connectivity index (χ2n) is 4.45. The molecule has 0 saturated heterocycles. The van der Waals surface area contributed by atoms with Crippen molar-refractivity contribution in [1.29, 1.82) is 0 Å². The summed E-state index contributed by atoms with van der Waals surface area (Å²) >= 11 is 0. The van der Waals surface area contributed by atoms with E-state index in [-0.39, 0.29) is 6.42 Å². The predicted molar refractivity (Wildman–Crippen MR) is 71.2 cm³/mol. The van der Waals surface area contributed by atoms with Gasteiger partial charge in [-0.05, 0) is 13.8 Å². The summed E-state index contributed by atoms with van der Waals surface area (Å²) in [5, 5.41) is 4.86. The molecule has 1 heterocycles. The molecule has 8 nitrogen and oxygen atoms in total. The highest BCUT2D eigenvalue weighted by Crippen LogP contribution is 1.97. The van der Waals surface area contributed by atoms with Crippen molar-refractivity contribution < 1.29 is 14.4 Å². The van der Waals surface area contributed by atoms with Crippen molar-refractivity contribution in [3.8, 4) is 0 Å². The minimum atomic E-state index is -0.802. The number of carbonyl (C=O) groups is 2. The van der Waals surface area contributed by atoms with E-state index in [9.17, 15) is 14.4 Å². The quantitative estimate of drug-likeness (QED) is 0.478. The van der Waals surface area contributed by atoms with E-state index >= 15 is 0 Å². The summed E-state index contributed by atoms with van der Waals surface area (Å²) < 4.78 is 0. The third-order valence-corrected chi connectivity index (χ3v) is 2.61. The van der Waals surface area contributed by atoms with Gasteiger partial charge >= 0.3 is 0 Å². The lowest BCUT2D eigenvalue weighted by atomic mass is 10.1. The average molecular weight is 280 g/mol. The molecule has 1 rings (SSSR count). The number of aromatic amines is 1. The van der Waals surface area contributed by atoms with Gasteiger partial charge in [0, 0.05) is 12.6 Å². The number of rotatable bonds is 7. The van der Waals surface area contributed by atoms with E-state index in [2.05, 4.69) is 20.6 Å². The molecule has 0 bridgehead atoms. The highest BCUT2D eigenvalue weighted by molar-refractivity contribution is 5.90. The largest absolute Gasteiger partial charge is 0.351 e. The minimum absolute atomic E-state index is 0.266. The SMILES string of the molecule is C[C@H](NC(=O)[C@@H](N)Cc1c[nH]cn1)C(=O)N[C@@H](C)[C]=O. The molecule has 5 N–H and O–H groups in total. The van der Waals surface area contributed by atoms with Crippen molar-refractivity contribution in [1.82, 2.24) is 20.6 Å². The van der Waals surface area contributed by atoms with Gasteiger partial charge in [0.05, 0.1) is 24.1 Å². The smallest absolute Gasteiger partial charge is 0.242 e. The second kappa shape index (κ2) is 7.39. The molecule has 0 fully saturated rings. The van der Waals surface area contributed by atoms with Gasteiger partial charge in [0.2, 0.25) is 18.1 Å². The Morgan fingerprint density at radius 1 is 1.40 bits per heavy atom. The second-order valence-corrected chi connectivity index (χ2v) is 4.45. The molecule has 0 saturated carbocycles. The summed E-state index contributed by atoms with van der Waals surface area (Å²) in [7, 11) is 0. The lowest BCUT2D eigenvalue weighted by molar-refractivity contribution is -0.129. The third-order valence-electron chi connectivity index (χ3n) is 2.61. The van der Waals surface area contributed by atoms with Crippen molar-refractivity contribution in [3.05, 3.63) is 18.2 Å². The van der Waals surface area contributed by atoms with Crippen LogP contribution in [0.15, 0.2) is 12.5 Å². The number of nitrogens with two attached hydrogens (primary N) is 1. The summed E-state index contributed by atoms with van der Waals surface area (Å²) in [5.74, 6) is -0.931. The van der Waals surface area contributed by atoms with E-state index in [1.165, 1.54) is 20.2 Å². The van der Waals surface area contributed by atoms with E-state index < -0.39 is 29.9 Å². The van der Waals surface area contributed by atoms with Gasteiger partial charge in [0.15, 0.2) is 0 Å². The van der Waals surface area contributed by atoms with Crippen LogP contribution < -0.4 is 16.4 Å². The minimum Gasteiger partial charge on any atom is -0.351 e. The van der Waals surface area contributed by atoms with Gasteiger partial charge in [-0.1, -0.05) is 0 Å². The molecule has 109 valence electrons. The van der Waals surface area contributed by atoms with Crippen LogP contribution in [0.1, 0.15) is 19.5 Å². The molecule has 8 heteroatoms. The summed E-state index contributed by atoms with van der Waals surface area (Å²) in [5.41, 5.74) is 6.39. The summed E-state index contributed by atoms with van der Waals surface area (Å²) in [6.45, 7) is 2.99. The number of nitrogens with one attached hydrogen (secondary N) is 3. The number of amides is 2.